The lowest BCUT2D eigenvalue weighted by atomic mass is 10.2. The first-order valence-electron chi connectivity index (χ1n) is 9.14. The minimum atomic E-state index is -0.579. The van der Waals surface area contributed by atoms with Gasteiger partial charge in [0.15, 0.2) is 5.16 Å². The van der Waals surface area contributed by atoms with Crippen LogP contribution < -0.4 is 10.9 Å². The van der Waals surface area contributed by atoms with Gasteiger partial charge in [0.1, 0.15) is 5.82 Å². The highest BCUT2D eigenvalue weighted by molar-refractivity contribution is 7.99. The molecule has 0 unspecified atom stereocenters. The predicted octanol–water partition coefficient (Wildman–Crippen LogP) is 3.21. The normalized spacial score (nSPS) is 13.9. The van der Waals surface area contributed by atoms with E-state index in [-0.39, 0.29) is 29.6 Å². The average molecular weight is 447 g/mol. The summed E-state index contributed by atoms with van der Waals surface area (Å²) in [6.45, 7) is 0.293. The van der Waals surface area contributed by atoms with Gasteiger partial charge in [-0.3, -0.25) is 19.1 Å². The molecular formula is C20H16ClFN4O3S. The number of para-hydroxylation sites is 1. The summed E-state index contributed by atoms with van der Waals surface area (Å²) in [5.41, 5.74) is 0.657. The number of aromatic nitrogens is 2. The van der Waals surface area contributed by atoms with Crippen molar-refractivity contribution in [2.24, 2.45) is 0 Å². The van der Waals surface area contributed by atoms with Gasteiger partial charge < -0.3 is 5.32 Å². The van der Waals surface area contributed by atoms with Gasteiger partial charge in [-0.05, 0) is 36.8 Å². The Balaban J connectivity index is 1.64. The van der Waals surface area contributed by atoms with Gasteiger partial charge in [-0.15, -0.1) is 0 Å². The minimum absolute atomic E-state index is 0.0169. The number of fused-ring (bicyclic) bond motifs is 1. The smallest absolute Gasteiger partial charge is 0.324 e. The Bertz CT molecular complexity index is 1200. The number of thioether (sulfide) groups is 1. The fourth-order valence-electron chi connectivity index (χ4n) is 3.13. The minimum Gasteiger partial charge on any atom is -0.329 e. The van der Waals surface area contributed by atoms with E-state index >= 15 is 0 Å². The second-order valence-corrected chi connectivity index (χ2v) is 8.03. The summed E-state index contributed by atoms with van der Waals surface area (Å²) in [4.78, 5) is 42.2. The third-order valence-electron chi connectivity index (χ3n) is 4.60. The molecule has 0 saturated carbocycles. The number of benzene rings is 2. The summed E-state index contributed by atoms with van der Waals surface area (Å²) in [6, 6.07) is 10.6. The maximum absolute atomic E-state index is 13.6. The van der Waals surface area contributed by atoms with Gasteiger partial charge in [0.2, 0.25) is 5.91 Å². The molecule has 1 fully saturated rings. The Morgan fingerprint density at radius 1 is 1.17 bits per heavy atom. The fourth-order valence-corrected chi connectivity index (χ4v) is 4.24. The maximum atomic E-state index is 13.6. The van der Waals surface area contributed by atoms with Crippen molar-refractivity contribution < 1.29 is 14.0 Å². The average Bonchev–Trinajstić information content (AvgIpc) is 3.05. The van der Waals surface area contributed by atoms with Crippen LogP contribution in [-0.2, 0) is 4.79 Å². The molecule has 1 saturated heterocycles. The topological polar surface area (TPSA) is 84.3 Å². The molecule has 1 aliphatic heterocycles. The number of halogens is 2. The van der Waals surface area contributed by atoms with Gasteiger partial charge >= 0.3 is 6.03 Å². The molecule has 1 aromatic heterocycles. The number of hydrogen-bond acceptors (Lipinski definition) is 5. The molecule has 30 heavy (non-hydrogen) atoms. The number of urea groups is 1. The van der Waals surface area contributed by atoms with Crippen LogP contribution in [-0.4, -0.2) is 45.2 Å². The van der Waals surface area contributed by atoms with E-state index in [0.29, 0.717) is 33.9 Å². The highest BCUT2D eigenvalue weighted by Gasteiger charge is 2.27. The van der Waals surface area contributed by atoms with Crippen LogP contribution in [0.1, 0.15) is 6.42 Å². The molecule has 3 aromatic rings. The molecule has 7 nitrogen and oxygen atoms in total. The van der Waals surface area contributed by atoms with Gasteiger partial charge in [0, 0.05) is 12.3 Å². The van der Waals surface area contributed by atoms with Crippen LogP contribution in [0.5, 0.6) is 0 Å². The Morgan fingerprint density at radius 3 is 2.70 bits per heavy atom. The first-order chi connectivity index (χ1) is 14.5. The van der Waals surface area contributed by atoms with Crippen molar-refractivity contribution in [3.63, 3.8) is 0 Å². The molecule has 0 bridgehead atoms. The van der Waals surface area contributed by atoms with Gasteiger partial charge in [-0.2, -0.15) is 0 Å². The number of rotatable bonds is 6. The van der Waals surface area contributed by atoms with E-state index in [4.69, 9.17) is 11.6 Å². The molecule has 2 heterocycles. The third kappa shape index (κ3) is 3.90. The quantitative estimate of drug-likeness (QED) is 0.272. The monoisotopic (exact) mass is 446 g/mol. The number of nitrogens with one attached hydrogen (secondary N) is 1. The van der Waals surface area contributed by atoms with Crippen molar-refractivity contribution in [2.45, 2.75) is 11.6 Å². The Labute approximate surface area is 179 Å². The predicted molar refractivity (Wildman–Crippen MR) is 113 cm³/mol. The van der Waals surface area contributed by atoms with E-state index in [9.17, 15) is 18.8 Å². The molecular weight excluding hydrogens is 431 g/mol. The van der Waals surface area contributed by atoms with Gasteiger partial charge in [0.05, 0.1) is 28.2 Å². The van der Waals surface area contributed by atoms with Crippen LogP contribution in [0.15, 0.2) is 52.4 Å². The third-order valence-corrected chi connectivity index (χ3v) is 5.92. The van der Waals surface area contributed by atoms with E-state index in [0.717, 1.165) is 0 Å². The van der Waals surface area contributed by atoms with Gasteiger partial charge in [0.25, 0.3) is 5.56 Å². The molecule has 0 atom stereocenters. The highest BCUT2D eigenvalue weighted by atomic mass is 35.5. The van der Waals surface area contributed by atoms with E-state index in [2.05, 4.69) is 10.3 Å². The number of carbonyl (C=O) groups is 2. The second-order valence-electron chi connectivity index (χ2n) is 6.56. The Hall–Kier alpha value is -2.91. The van der Waals surface area contributed by atoms with Crippen LogP contribution in [0.3, 0.4) is 0 Å². The molecule has 3 amide bonds. The Kier molecular flexibility index (Phi) is 5.74. The second kappa shape index (κ2) is 8.45. The standard InChI is InChI=1S/C20H16ClFN4O3S/c21-14-10-12(6-7-15(14)22)26-18(28)13-4-1-2-5-16(13)24-20(26)30-9-3-8-25-17(27)11-23-19(25)29/h1-2,4-7,10H,3,8-9,11H2,(H,23,29). The molecule has 1 N–H and O–H groups in total. The number of nitrogens with zero attached hydrogens (tertiary/aromatic N) is 3. The van der Waals surface area contributed by atoms with Gasteiger partial charge in [-0.25, -0.2) is 14.2 Å². The van der Waals surface area contributed by atoms with E-state index in [1.54, 1.807) is 24.3 Å². The lowest BCUT2D eigenvalue weighted by molar-refractivity contribution is -0.124. The molecule has 154 valence electrons. The lowest BCUT2D eigenvalue weighted by Gasteiger charge is -2.15. The van der Waals surface area contributed by atoms with E-state index < -0.39 is 11.8 Å². The molecule has 1 aliphatic rings. The van der Waals surface area contributed by atoms with Crippen LogP contribution in [0.25, 0.3) is 16.6 Å². The molecule has 0 aliphatic carbocycles. The summed E-state index contributed by atoms with van der Waals surface area (Å²) >= 11 is 7.23. The van der Waals surface area contributed by atoms with Gasteiger partial charge in [-0.1, -0.05) is 35.5 Å². The van der Waals surface area contributed by atoms with E-state index in [1.807, 2.05) is 0 Å². The van der Waals surface area contributed by atoms with Crippen LogP contribution in [0.2, 0.25) is 5.02 Å². The van der Waals surface area contributed by atoms with Crippen LogP contribution in [0.4, 0.5) is 9.18 Å². The molecule has 0 radical (unpaired) electrons. The first kappa shape index (κ1) is 20.4. The van der Waals surface area contributed by atoms with Crippen molar-refractivity contribution in [1.29, 1.82) is 0 Å². The SMILES string of the molecule is O=C1CNC(=O)N1CCCSc1nc2ccccc2c(=O)n1-c1ccc(F)c(Cl)c1. The van der Waals surface area contributed by atoms with Crippen molar-refractivity contribution >= 4 is 46.2 Å². The largest absolute Gasteiger partial charge is 0.329 e. The zero-order valence-corrected chi connectivity index (χ0v) is 17.2. The molecule has 4 rings (SSSR count). The van der Waals surface area contributed by atoms with Crippen molar-refractivity contribution in [3.05, 3.63) is 63.7 Å². The number of hydrogen-bond donors (Lipinski definition) is 1. The van der Waals surface area contributed by atoms with Crippen LogP contribution >= 0.6 is 23.4 Å². The maximum Gasteiger partial charge on any atom is 0.324 e. The summed E-state index contributed by atoms with van der Waals surface area (Å²) in [6.07, 6.45) is 0.525. The van der Waals surface area contributed by atoms with E-state index in [1.165, 1.54) is 39.4 Å². The number of amides is 3. The van der Waals surface area contributed by atoms with Crippen LogP contribution in [0, 0.1) is 5.82 Å². The zero-order valence-electron chi connectivity index (χ0n) is 15.6. The fraction of sp³-hybridized carbons (Fsp3) is 0.200. The highest BCUT2D eigenvalue weighted by Crippen LogP contribution is 2.24. The summed E-state index contributed by atoms with van der Waals surface area (Å²) in [7, 11) is 0. The molecule has 0 spiro atoms. The number of carbonyl (C=O) groups excluding carboxylic acids is 2. The number of imide groups is 1. The Morgan fingerprint density at radius 2 is 1.97 bits per heavy atom. The lowest BCUT2D eigenvalue weighted by Crippen LogP contribution is -2.32. The summed E-state index contributed by atoms with van der Waals surface area (Å²) in [5.74, 6) is -0.326. The summed E-state index contributed by atoms with van der Waals surface area (Å²) in [5, 5.41) is 3.23. The van der Waals surface area contributed by atoms with Crippen molar-refractivity contribution in [1.82, 2.24) is 19.8 Å². The summed E-state index contributed by atoms with van der Waals surface area (Å²) < 4.78 is 15.0. The first-order valence-corrected chi connectivity index (χ1v) is 10.5. The van der Waals surface area contributed by atoms with Crippen molar-refractivity contribution in [2.75, 3.05) is 18.8 Å². The molecule has 2 aromatic carbocycles. The molecule has 10 heteroatoms. The zero-order chi connectivity index (χ0) is 21.3. The van der Waals surface area contributed by atoms with Crippen molar-refractivity contribution in [3.8, 4) is 5.69 Å².